The van der Waals surface area contributed by atoms with Crippen molar-refractivity contribution >= 4 is 62.3 Å². The summed E-state index contributed by atoms with van der Waals surface area (Å²) < 4.78 is 5.46. The number of carbonyl (C=O) groups excluding carboxylic acids is 3. The molecule has 33 heavy (non-hydrogen) atoms. The van der Waals surface area contributed by atoms with E-state index >= 15 is 0 Å². The Morgan fingerprint density at radius 3 is 2.52 bits per heavy atom. The van der Waals surface area contributed by atoms with Crippen LogP contribution in [-0.2, 0) is 9.59 Å². The smallest absolute Gasteiger partial charge is 0.294 e. The van der Waals surface area contributed by atoms with Gasteiger partial charge in [-0.1, -0.05) is 48.5 Å². The van der Waals surface area contributed by atoms with Crippen LogP contribution in [0.2, 0.25) is 0 Å². The van der Waals surface area contributed by atoms with E-state index in [9.17, 15) is 19.2 Å². The van der Waals surface area contributed by atoms with E-state index in [1.165, 1.54) is 12.3 Å². The van der Waals surface area contributed by atoms with Gasteiger partial charge in [0.15, 0.2) is 5.43 Å². The van der Waals surface area contributed by atoms with Gasteiger partial charge < -0.3 is 9.73 Å². The van der Waals surface area contributed by atoms with Crippen LogP contribution in [0.1, 0.15) is 5.56 Å². The first kappa shape index (κ1) is 20.7. The molecular formula is C25H16N2O5S. The van der Waals surface area contributed by atoms with Crippen molar-refractivity contribution in [2.45, 2.75) is 0 Å². The van der Waals surface area contributed by atoms with Crippen molar-refractivity contribution in [2.24, 2.45) is 0 Å². The van der Waals surface area contributed by atoms with Gasteiger partial charge in [0.05, 0.1) is 15.9 Å². The summed E-state index contributed by atoms with van der Waals surface area (Å²) in [7, 11) is 0. The minimum atomic E-state index is -0.634. The molecule has 3 aromatic carbocycles. The number of para-hydroxylation sites is 1. The Morgan fingerprint density at radius 1 is 0.939 bits per heavy atom. The number of benzene rings is 3. The molecule has 0 saturated carbocycles. The zero-order valence-corrected chi connectivity index (χ0v) is 17.9. The molecule has 0 spiro atoms. The van der Waals surface area contributed by atoms with Gasteiger partial charge in [0.1, 0.15) is 18.4 Å². The molecule has 5 rings (SSSR count). The number of thioether (sulfide) groups is 1. The van der Waals surface area contributed by atoms with Crippen LogP contribution in [0.5, 0.6) is 0 Å². The Labute approximate surface area is 191 Å². The second-order valence-corrected chi connectivity index (χ2v) is 8.35. The van der Waals surface area contributed by atoms with Crippen LogP contribution >= 0.6 is 11.8 Å². The summed E-state index contributed by atoms with van der Waals surface area (Å²) in [4.78, 5) is 51.4. The molecule has 162 valence electrons. The molecule has 2 heterocycles. The van der Waals surface area contributed by atoms with E-state index in [-0.39, 0.29) is 15.9 Å². The first-order valence-corrected chi connectivity index (χ1v) is 10.9. The largest absolute Gasteiger partial charge is 0.463 e. The number of rotatable bonds is 4. The third kappa shape index (κ3) is 3.92. The third-order valence-electron chi connectivity index (χ3n) is 5.23. The molecule has 0 bridgehead atoms. The standard InChI is InChI=1S/C25H16N2O5S/c28-22(26-19-10-5-7-15-6-1-2-8-17(15)19)13-27-24(30)21(33-25(27)31)12-16-14-32-20-11-4-3-9-18(20)23(16)29/h1-12,14H,13H2,(H,26,28)/b21-12-. The maximum atomic E-state index is 12.8. The number of hydrogen-bond acceptors (Lipinski definition) is 6. The average molecular weight is 456 g/mol. The molecule has 1 aromatic heterocycles. The minimum Gasteiger partial charge on any atom is -0.463 e. The lowest BCUT2D eigenvalue weighted by Gasteiger charge is -2.13. The highest BCUT2D eigenvalue weighted by atomic mass is 32.2. The van der Waals surface area contributed by atoms with Gasteiger partial charge in [-0.25, -0.2) is 0 Å². The Morgan fingerprint density at radius 2 is 1.67 bits per heavy atom. The Hall–Kier alpha value is -4.17. The van der Waals surface area contributed by atoms with E-state index in [0.29, 0.717) is 28.4 Å². The fourth-order valence-corrected chi connectivity index (χ4v) is 4.47. The number of nitrogens with one attached hydrogen (secondary N) is 1. The fraction of sp³-hybridized carbons (Fsp3) is 0.0400. The van der Waals surface area contributed by atoms with Crippen molar-refractivity contribution in [3.8, 4) is 0 Å². The number of amides is 3. The van der Waals surface area contributed by atoms with Gasteiger partial charge in [0.2, 0.25) is 5.91 Å². The van der Waals surface area contributed by atoms with Crippen LogP contribution in [0, 0.1) is 0 Å². The molecular weight excluding hydrogens is 440 g/mol. The van der Waals surface area contributed by atoms with Gasteiger partial charge >= 0.3 is 0 Å². The van der Waals surface area contributed by atoms with Crippen LogP contribution in [0.3, 0.4) is 0 Å². The highest BCUT2D eigenvalue weighted by Gasteiger charge is 2.36. The molecule has 3 amide bonds. The molecule has 1 aliphatic heterocycles. The third-order valence-corrected chi connectivity index (χ3v) is 6.14. The molecule has 1 aliphatic rings. The summed E-state index contributed by atoms with van der Waals surface area (Å²) in [6.45, 7) is -0.433. The molecule has 0 radical (unpaired) electrons. The zero-order valence-electron chi connectivity index (χ0n) is 17.1. The van der Waals surface area contributed by atoms with Gasteiger partial charge in [-0.2, -0.15) is 0 Å². The predicted octanol–water partition coefficient (Wildman–Crippen LogP) is 4.62. The molecule has 1 fully saturated rings. The van der Waals surface area contributed by atoms with Crippen molar-refractivity contribution in [3.05, 3.63) is 93.7 Å². The first-order chi connectivity index (χ1) is 16.0. The lowest BCUT2D eigenvalue weighted by molar-refractivity contribution is -0.127. The van der Waals surface area contributed by atoms with Gasteiger partial charge in [0.25, 0.3) is 11.1 Å². The molecule has 0 aliphatic carbocycles. The van der Waals surface area contributed by atoms with E-state index in [1.807, 2.05) is 36.4 Å². The Balaban J connectivity index is 1.36. The summed E-state index contributed by atoms with van der Waals surface area (Å²) >= 11 is 0.680. The van der Waals surface area contributed by atoms with E-state index in [4.69, 9.17) is 4.42 Å². The molecule has 1 saturated heterocycles. The summed E-state index contributed by atoms with van der Waals surface area (Å²) in [5.74, 6) is -1.13. The van der Waals surface area contributed by atoms with Crippen LogP contribution in [-0.4, -0.2) is 28.5 Å². The predicted molar refractivity (Wildman–Crippen MR) is 128 cm³/mol. The zero-order chi connectivity index (χ0) is 22.9. The summed E-state index contributed by atoms with van der Waals surface area (Å²) in [5.41, 5.74) is 0.865. The van der Waals surface area contributed by atoms with E-state index < -0.39 is 23.6 Å². The van der Waals surface area contributed by atoms with Gasteiger partial charge in [-0.3, -0.25) is 24.1 Å². The average Bonchev–Trinajstić information content (AvgIpc) is 3.08. The normalized spacial score (nSPS) is 15.0. The van der Waals surface area contributed by atoms with Crippen molar-refractivity contribution in [3.63, 3.8) is 0 Å². The second-order valence-electron chi connectivity index (χ2n) is 7.36. The number of anilines is 1. The summed E-state index contributed by atoms with van der Waals surface area (Å²) in [6, 6.07) is 19.8. The first-order valence-electron chi connectivity index (χ1n) is 10.0. The van der Waals surface area contributed by atoms with E-state index in [2.05, 4.69) is 5.32 Å². The molecule has 0 atom stereocenters. The number of hydrogen-bond donors (Lipinski definition) is 1. The summed E-state index contributed by atoms with van der Waals surface area (Å²) in [5, 5.41) is 4.37. The monoisotopic (exact) mass is 456 g/mol. The molecule has 0 unspecified atom stereocenters. The van der Waals surface area contributed by atoms with Crippen molar-refractivity contribution in [2.75, 3.05) is 11.9 Å². The minimum absolute atomic E-state index is 0.0561. The highest BCUT2D eigenvalue weighted by Crippen LogP contribution is 2.32. The van der Waals surface area contributed by atoms with Crippen LogP contribution in [0.15, 0.2) is 87.1 Å². The van der Waals surface area contributed by atoms with Crippen LogP contribution in [0.4, 0.5) is 10.5 Å². The Kier molecular flexibility index (Phi) is 5.27. The highest BCUT2D eigenvalue weighted by molar-refractivity contribution is 8.18. The van der Waals surface area contributed by atoms with Gasteiger partial charge in [-0.15, -0.1) is 0 Å². The van der Waals surface area contributed by atoms with E-state index in [0.717, 1.165) is 15.7 Å². The number of nitrogens with zero attached hydrogens (tertiary/aromatic N) is 1. The van der Waals surface area contributed by atoms with Gasteiger partial charge in [0, 0.05) is 11.1 Å². The van der Waals surface area contributed by atoms with E-state index in [1.54, 1.807) is 30.3 Å². The lowest BCUT2D eigenvalue weighted by atomic mass is 10.1. The molecule has 1 N–H and O–H groups in total. The van der Waals surface area contributed by atoms with Crippen LogP contribution in [0.25, 0.3) is 27.8 Å². The molecule has 7 nitrogen and oxygen atoms in total. The van der Waals surface area contributed by atoms with Gasteiger partial charge in [-0.05, 0) is 41.4 Å². The molecule has 8 heteroatoms. The molecule has 4 aromatic rings. The maximum absolute atomic E-state index is 12.8. The Bertz CT molecular complexity index is 1530. The fourth-order valence-electron chi connectivity index (χ4n) is 3.64. The van der Waals surface area contributed by atoms with Crippen molar-refractivity contribution in [1.29, 1.82) is 0 Å². The summed E-state index contributed by atoms with van der Waals surface area (Å²) in [6.07, 6.45) is 2.58. The van der Waals surface area contributed by atoms with Crippen molar-refractivity contribution in [1.82, 2.24) is 4.90 Å². The SMILES string of the molecule is O=C(CN1C(=O)S/C(=C\c2coc3ccccc3c2=O)C1=O)Nc1cccc2ccccc12. The lowest BCUT2D eigenvalue weighted by Crippen LogP contribution is -2.36. The maximum Gasteiger partial charge on any atom is 0.294 e. The number of fused-ring (bicyclic) bond motifs is 2. The second kappa shape index (κ2) is 8.40. The quantitative estimate of drug-likeness (QED) is 0.450. The number of imide groups is 1. The number of carbonyl (C=O) groups is 3. The topological polar surface area (TPSA) is 96.7 Å². The van der Waals surface area contributed by atoms with Crippen molar-refractivity contribution < 1.29 is 18.8 Å². The van der Waals surface area contributed by atoms with Crippen LogP contribution < -0.4 is 10.7 Å².